The maximum Gasteiger partial charge on any atom is 0.410 e. The minimum Gasteiger partial charge on any atom is -0.444 e. The molecule has 0 bridgehead atoms. The Morgan fingerprint density at radius 3 is 2.52 bits per heavy atom. The minimum atomic E-state index is -0.439. The summed E-state index contributed by atoms with van der Waals surface area (Å²) in [5.74, 6) is 0. The Morgan fingerprint density at radius 2 is 1.95 bits per heavy atom. The first-order valence-electron chi connectivity index (χ1n) is 7.91. The van der Waals surface area contributed by atoms with Gasteiger partial charge < -0.3 is 9.64 Å². The monoisotopic (exact) mass is 289 g/mol. The van der Waals surface area contributed by atoms with Gasteiger partial charge in [-0.05, 0) is 52.0 Å². The lowest BCUT2D eigenvalue weighted by molar-refractivity contribution is 0.00698. The molecule has 1 amide bonds. The number of ether oxygens (including phenoxy) is 1. The maximum atomic E-state index is 12.5. The summed E-state index contributed by atoms with van der Waals surface area (Å²) >= 11 is 0. The molecule has 1 unspecified atom stereocenters. The van der Waals surface area contributed by atoms with Crippen LogP contribution in [-0.4, -0.2) is 28.7 Å². The van der Waals surface area contributed by atoms with E-state index in [1.807, 2.05) is 31.7 Å². The van der Waals surface area contributed by atoms with Crippen LogP contribution in [0.5, 0.6) is 0 Å². The van der Waals surface area contributed by atoms with Gasteiger partial charge in [-0.3, -0.25) is 0 Å². The lowest BCUT2D eigenvalue weighted by Gasteiger charge is -2.39. The fourth-order valence-electron chi connectivity index (χ4n) is 3.19. The number of nitrogens with zero attached hydrogens (tertiary/aromatic N) is 1. The largest absolute Gasteiger partial charge is 0.444 e. The Bertz CT molecular complexity index is 478. The van der Waals surface area contributed by atoms with Crippen molar-refractivity contribution in [3.05, 3.63) is 35.9 Å². The molecule has 0 spiro atoms. The van der Waals surface area contributed by atoms with Gasteiger partial charge in [-0.15, -0.1) is 0 Å². The van der Waals surface area contributed by atoms with Gasteiger partial charge in [-0.1, -0.05) is 37.3 Å². The highest BCUT2D eigenvalue weighted by atomic mass is 16.6. The molecule has 3 heteroatoms. The second-order valence-electron chi connectivity index (χ2n) is 6.98. The van der Waals surface area contributed by atoms with E-state index in [2.05, 4.69) is 31.2 Å². The molecule has 1 saturated heterocycles. The normalized spacial score (nSPS) is 22.4. The van der Waals surface area contributed by atoms with Crippen LogP contribution in [0.3, 0.4) is 0 Å². The number of carbonyl (C=O) groups is 1. The van der Waals surface area contributed by atoms with Crippen LogP contribution < -0.4 is 0 Å². The van der Waals surface area contributed by atoms with Crippen molar-refractivity contribution in [2.24, 2.45) is 0 Å². The van der Waals surface area contributed by atoms with Crippen molar-refractivity contribution in [3.8, 4) is 0 Å². The van der Waals surface area contributed by atoms with Crippen molar-refractivity contribution in [2.75, 3.05) is 6.54 Å². The molecule has 1 fully saturated rings. The van der Waals surface area contributed by atoms with E-state index in [4.69, 9.17) is 4.74 Å². The van der Waals surface area contributed by atoms with Crippen molar-refractivity contribution in [2.45, 2.75) is 64.5 Å². The summed E-state index contributed by atoms with van der Waals surface area (Å²) in [6, 6.07) is 10.4. The molecule has 1 atom stereocenters. The van der Waals surface area contributed by atoms with Crippen LogP contribution in [0.2, 0.25) is 0 Å². The van der Waals surface area contributed by atoms with Gasteiger partial charge >= 0.3 is 6.09 Å². The third-order valence-electron chi connectivity index (χ3n) is 4.24. The summed E-state index contributed by atoms with van der Waals surface area (Å²) in [5, 5.41) is 0. The standard InChI is InChI=1S/C18H27NO2/c1-5-18(14-15-10-7-6-8-11-15)12-9-13-19(18)16(20)21-17(2,3)4/h6-8,10-11H,5,9,12-14H2,1-4H3. The van der Waals surface area contributed by atoms with Gasteiger partial charge in [0.1, 0.15) is 5.60 Å². The van der Waals surface area contributed by atoms with Gasteiger partial charge in [0, 0.05) is 6.54 Å². The maximum absolute atomic E-state index is 12.5. The van der Waals surface area contributed by atoms with Crippen LogP contribution in [0.1, 0.15) is 52.5 Å². The Balaban J connectivity index is 2.18. The Hall–Kier alpha value is -1.51. The van der Waals surface area contributed by atoms with Crippen LogP contribution in [0.4, 0.5) is 4.79 Å². The number of hydrogen-bond acceptors (Lipinski definition) is 2. The first-order chi connectivity index (χ1) is 9.86. The molecule has 1 aromatic rings. The SMILES string of the molecule is CCC1(Cc2ccccc2)CCCN1C(=O)OC(C)(C)C. The van der Waals surface area contributed by atoms with Crippen LogP contribution in [0.25, 0.3) is 0 Å². The molecule has 1 aliphatic rings. The second kappa shape index (κ2) is 6.08. The number of benzene rings is 1. The van der Waals surface area contributed by atoms with E-state index in [9.17, 15) is 4.79 Å². The van der Waals surface area contributed by atoms with Crippen molar-refractivity contribution < 1.29 is 9.53 Å². The summed E-state index contributed by atoms with van der Waals surface area (Å²) in [5.41, 5.74) is 0.755. The van der Waals surface area contributed by atoms with E-state index >= 15 is 0 Å². The van der Waals surface area contributed by atoms with Gasteiger partial charge in [0.15, 0.2) is 0 Å². The van der Waals surface area contributed by atoms with E-state index in [0.717, 1.165) is 32.2 Å². The van der Waals surface area contributed by atoms with Crippen LogP contribution >= 0.6 is 0 Å². The highest BCUT2D eigenvalue weighted by Gasteiger charge is 2.43. The number of rotatable bonds is 3. The van der Waals surface area contributed by atoms with Gasteiger partial charge in [0.2, 0.25) is 0 Å². The summed E-state index contributed by atoms with van der Waals surface area (Å²) < 4.78 is 5.60. The summed E-state index contributed by atoms with van der Waals surface area (Å²) in [6.07, 6.45) is 3.81. The summed E-state index contributed by atoms with van der Waals surface area (Å²) in [6.45, 7) is 8.74. The van der Waals surface area contributed by atoms with Crippen molar-refractivity contribution >= 4 is 6.09 Å². The molecule has 0 saturated carbocycles. The molecule has 3 nitrogen and oxygen atoms in total. The highest BCUT2D eigenvalue weighted by molar-refractivity contribution is 5.69. The number of amides is 1. The fraction of sp³-hybridized carbons (Fsp3) is 0.611. The highest BCUT2D eigenvalue weighted by Crippen LogP contribution is 2.36. The molecule has 1 aromatic carbocycles. The smallest absolute Gasteiger partial charge is 0.410 e. The number of likely N-dealkylation sites (tertiary alicyclic amines) is 1. The minimum absolute atomic E-state index is 0.0936. The predicted molar refractivity (Wildman–Crippen MR) is 85.3 cm³/mol. The van der Waals surface area contributed by atoms with Crippen LogP contribution in [0, 0.1) is 0 Å². The van der Waals surface area contributed by atoms with Gasteiger partial charge in [0.25, 0.3) is 0 Å². The second-order valence-corrected chi connectivity index (χ2v) is 6.98. The first-order valence-corrected chi connectivity index (χ1v) is 7.91. The van der Waals surface area contributed by atoms with Crippen LogP contribution in [-0.2, 0) is 11.2 Å². The number of carbonyl (C=O) groups excluding carboxylic acids is 1. The van der Waals surface area contributed by atoms with Gasteiger partial charge in [-0.2, -0.15) is 0 Å². The first kappa shape index (κ1) is 15.9. The zero-order valence-corrected chi connectivity index (χ0v) is 13.7. The lowest BCUT2D eigenvalue weighted by atomic mass is 9.86. The van der Waals surface area contributed by atoms with Crippen molar-refractivity contribution in [1.82, 2.24) is 4.90 Å². The van der Waals surface area contributed by atoms with Crippen LogP contribution in [0.15, 0.2) is 30.3 Å². The third kappa shape index (κ3) is 3.78. The zero-order chi connectivity index (χ0) is 15.5. The average molecular weight is 289 g/mol. The number of hydrogen-bond donors (Lipinski definition) is 0. The molecule has 0 aromatic heterocycles. The van der Waals surface area contributed by atoms with E-state index in [-0.39, 0.29) is 11.6 Å². The quantitative estimate of drug-likeness (QED) is 0.825. The molecule has 116 valence electrons. The molecular weight excluding hydrogens is 262 g/mol. The molecule has 2 rings (SSSR count). The van der Waals surface area contributed by atoms with E-state index < -0.39 is 5.60 Å². The van der Waals surface area contributed by atoms with E-state index in [1.165, 1.54) is 5.56 Å². The summed E-state index contributed by atoms with van der Waals surface area (Å²) in [7, 11) is 0. The van der Waals surface area contributed by atoms with Crippen molar-refractivity contribution in [3.63, 3.8) is 0 Å². The summed E-state index contributed by atoms with van der Waals surface area (Å²) in [4.78, 5) is 14.5. The third-order valence-corrected chi connectivity index (χ3v) is 4.24. The molecule has 0 radical (unpaired) electrons. The fourth-order valence-corrected chi connectivity index (χ4v) is 3.19. The van der Waals surface area contributed by atoms with Gasteiger partial charge in [-0.25, -0.2) is 4.79 Å². The lowest BCUT2D eigenvalue weighted by Crippen LogP contribution is -2.50. The van der Waals surface area contributed by atoms with E-state index in [0.29, 0.717) is 0 Å². The Morgan fingerprint density at radius 1 is 1.29 bits per heavy atom. The molecule has 21 heavy (non-hydrogen) atoms. The molecule has 0 aliphatic carbocycles. The van der Waals surface area contributed by atoms with Gasteiger partial charge in [0.05, 0.1) is 5.54 Å². The topological polar surface area (TPSA) is 29.5 Å². The molecular formula is C18H27NO2. The molecule has 1 aliphatic heterocycles. The zero-order valence-electron chi connectivity index (χ0n) is 13.7. The molecule has 1 heterocycles. The predicted octanol–water partition coefficient (Wildman–Crippen LogP) is 4.41. The van der Waals surface area contributed by atoms with Crippen molar-refractivity contribution in [1.29, 1.82) is 0 Å². The Labute approximate surface area is 128 Å². The van der Waals surface area contributed by atoms with E-state index in [1.54, 1.807) is 0 Å². The molecule has 0 N–H and O–H groups in total. The average Bonchev–Trinajstić information content (AvgIpc) is 2.82. The Kier molecular flexibility index (Phi) is 4.60.